The quantitative estimate of drug-likeness (QED) is 0.779. The van der Waals surface area contributed by atoms with Gasteiger partial charge in [-0.05, 0) is 37.1 Å². The number of benzene rings is 1. The molecule has 2 aromatic heterocycles. The number of fused-ring (bicyclic) bond motifs is 1. The maximum Gasteiger partial charge on any atom is 0.272 e. The van der Waals surface area contributed by atoms with Crippen molar-refractivity contribution in [1.82, 2.24) is 14.9 Å². The molecule has 0 saturated carbocycles. The van der Waals surface area contributed by atoms with Crippen LogP contribution in [-0.4, -0.2) is 39.8 Å². The zero-order chi connectivity index (χ0) is 18.6. The number of nitrogens with zero attached hydrogens (tertiary/aromatic N) is 3. The second kappa shape index (κ2) is 7.53. The van der Waals surface area contributed by atoms with Crippen LogP contribution in [0.1, 0.15) is 23.3 Å². The SMILES string of the molecule is O=C(Nc1ccncc1)C1CCN(C(=O)c2ccc3ccccc3n2)CC1. The molecule has 1 aliphatic rings. The molecule has 1 aliphatic heterocycles. The van der Waals surface area contributed by atoms with Crippen molar-refractivity contribution >= 4 is 28.4 Å². The molecule has 1 aromatic carbocycles. The minimum Gasteiger partial charge on any atom is -0.337 e. The van der Waals surface area contributed by atoms with E-state index in [0.29, 0.717) is 31.6 Å². The summed E-state index contributed by atoms with van der Waals surface area (Å²) in [4.78, 5) is 35.4. The van der Waals surface area contributed by atoms with Crippen LogP contribution < -0.4 is 5.32 Å². The molecule has 0 unspecified atom stereocenters. The number of carbonyl (C=O) groups is 2. The molecule has 0 bridgehead atoms. The number of para-hydroxylation sites is 1. The summed E-state index contributed by atoms with van der Waals surface area (Å²) in [6.07, 6.45) is 4.59. The third-order valence-corrected chi connectivity index (χ3v) is 4.92. The van der Waals surface area contributed by atoms with Crippen LogP contribution in [0.2, 0.25) is 0 Å². The van der Waals surface area contributed by atoms with Gasteiger partial charge >= 0.3 is 0 Å². The molecule has 0 atom stereocenters. The number of pyridine rings is 2. The zero-order valence-electron chi connectivity index (χ0n) is 14.8. The highest BCUT2D eigenvalue weighted by molar-refractivity contribution is 5.95. The van der Waals surface area contributed by atoms with E-state index in [1.54, 1.807) is 35.5 Å². The minimum atomic E-state index is -0.0909. The van der Waals surface area contributed by atoms with E-state index in [9.17, 15) is 9.59 Å². The van der Waals surface area contributed by atoms with Crippen LogP contribution in [0, 0.1) is 5.92 Å². The number of rotatable bonds is 3. The summed E-state index contributed by atoms with van der Waals surface area (Å²) in [6, 6.07) is 15.0. The van der Waals surface area contributed by atoms with E-state index in [1.807, 2.05) is 30.3 Å². The Morgan fingerprint density at radius 3 is 2.48 bits per heavy atom. The summed E-state index contributed by atoms with van der Waals surface area (Å²) in [5.74, 6) is -0.169. The number of piperidine rings is 1. The highest BCUT2D eigenvalue weighted by Gasteiger charge is 2.28. The highest BCUT2D eigenvalue weighted by atomic mass is 16.2. The average Bonchev–Trinajstić information content (AvgIpc) is 2.73. The van der Waals surface area contributed by atoms with Crippen molar-refractivity contribution in [3.63, 3.8) is 0 Å². The number of carbonyl (C=O) groups excluding carboxylic acids is 2. The monoisotopic (exact) mass is 360 g/mol. The molecule has 2 amide bonds. The molecule has 3 heterocycles. The number of hydrogen-bond donors (Lipinski definition) is 1. The van der Waals surface area contributed by atoms with Crippen molar-refractivity contribution in [3.05, 3.63) is 66.6 Å². The summed E-state index contributed by atoms with van der Waals surface area (Å²) in [7, 11) is 0. The van der Waals surface area contributed by atoms with Crippen molar-refractivity contribution < 1.29 is 9.59 Å². The van der Waals surface area contributed by atoms with Gasteiger partial charge in [0.05, 0.1) is 5.52 Å². The molecule has 6 nitrogen and oxygen atoms in total. The van der Waals surface area contributed by atoms with Gasteiger partial charge in [-0.15, -0.1) is 0 Å². The normalized spacial score (nSPS) is 14.9. The van der Waals surface area contributed by atoms with Gasteiger partial charge in [0.15, 0.2) is 0 Å². The number of likely N-dealkylation sites (tertiary alicyclic amines) is 1. The third-order valence-electron chi connectivity index (χ3n) is 4.92. The summed E-state index contributed by atoms with van der Waals surface area (Å²) >= 11 is 0. The van der Waals surface area contributed by atoms with Crippen LogP contribution in [-0.2, 0) is 4.79 Å². The van der Waals surface area contributed by atoms with Gasteiger partial charge in [0.2, 0.25) is 5.91 Å². The van der Waals surface area contributed by atoms with E-state index < -0.39 is 0 Å². The molecular weight excluding hydrogens is 340 g/mol. The number of anilines is 1. The second-order valence-corrected chi connectivity index (χ2v) is 6.68. The minimum absolute atomic E-state index is 0.00266. The summed E-state index contributed by atoms with van der Waals surface area (Å²) in [5, 5.41) is 3.93. The first-order valence-electron chi connectivity index (χ1n) is 9.07. The lowest BCUT2D eigenvalue weighted by Gasteiger charge is -2.31. The molecule has 0 spiro atoms. The smallest absolute Gasteiger partial charge is 0.272 e. The maximum atomic E-state index is 12.8. The zero-order valence-corrected chi connectivity index (χ0v) is 14.8. The average molecular weight is 360 g/mol. The summed E-state index contributed by atoms with van der Waals surface area (Å²) < 4.78 is 0. The van der Waals surface area contributed by atoms with Crippen LogP contribution >= 0.6 is 0 Å². The van der Waals surface area contributed by atoms with E-state index >= 15 is 0 Å². The van der Waals surface area contributed by atoms with Crippen LogP contribution in [0.4, 0.5) is 5.69 Å². The van der Waals surface area contributed by atoms with Crippen molar-refractivity contribution in [2.24, 2.45) is 5.92 Å². The van der Waals surface area contributed by atoms with Crippen molar-refractivity contribution in [2.75, 3.05) is 18.4 Å². The van der Waals surface area contributed by atoms with E-state index in [2.05, 4.69) is 15.3 Å². The molecule has 1 fully saturated rings. The Kier molecular flexibility index (Phi) is 4.78. The third kappa shape index (κ3) is 3.79. The van der Waals surface area contributed by atoms with Gasteiger partial charge < -0.3 is 10.2 Å². The number of nitrogens with one attached hydrogen (secondary N) is 1. The lowest BCUT2D eigenvalue weighted by Crippen LogP contribution is -2.41. The Labute approximate surface area is 157 Å². The van der Waals surface area contributed by atoms with Gasteiger partial charge in [0.25, 0.3) is 5.91 Å². The Morgan fingerprint density at radius 2 is 1.70 bits per heavy atom. The molecule has 0 aliphatic carbocycles. The molecule has 136 valence electrons. The molecule has 27 heavy (non-hydrogen) atoms. The van der Waals surface area contributed by atoms with E-state index in [-0.39, 0.29) is 17.7 Å². The predicted molar refractivity (Wildman–Crippen MR) is 103 cm³/mol. The van der Waals surface area contributed by atoms with Gasteiger partial charge in [-0.1, -0.05) is 24.3 Å². The lowest BCUT2D eigenvalue weighted by atomic mass is 9.95. The fraction of sp³-hybridized carbons (Fsp3) is 0.238. The predicted octanol–water partition coefficient (Wildman–Crippen LogP) is 3.12. The van der Waals surface area contributed by atoms with Crippen molar-refractivity contribution in [3.8, 4) is 0 Å². The largest absolute Gasteiger partial charge is 0.337 e. The Balaban J connectivity index is 1.38. The number of hydrogen-bond acceptors (Lipinski definition) is 4. The topological polar surface area (TPSA) is 75.2 Å². The number of amides is 2. The van der Waals surface area contributed by atoms with Crippen molar-refractivity contribution in [1.29, 1.82) is 0 Å². The fourth-order valence-corrected chi connectivity index (χ4v) is 3.37. The van der Waals surface area contributed by atoms with Crippen molar-refractivity contribution in [2.45, 2.75) is 12.8 Å². The van der Waals surface area contributed by atoms with Crippen LogP contribution in [0.5, 0.6) is 0 Å². The molecule has 3 aromatic rings. The van der Waals surface area contributed by atoms with Crippen LogP contribution in [0.3, 0.4) is 0 Å². The molecule has 1 N–H and O–H groups in total. The first kappa shape index (κ1) is 17.1. The highest BCUT2D eigenvalue weighted by Crippen LogP contribution is 2.21. The molecule has 4 rings (SSSR count). The van der Waals surface area contributed by atoms with Gasteiger partial charge in [-0.25, -0.2) is 4.98 Å². The van der Waals surface area contributed by atoms with Gasteiger partial charge in [0.1, 0.15) is 5.69 Å². The Hall–Kier alpha value is -3.28. The van der Waals surface area contributed by atoms with Gasteiger partial charge in [-0.3, -0.25) is 14.6 Å². The Bertz CT molecular complexity index is 966. The van der Waals surface area contributed by atoms with E-state index in [4.69, 9.17) is 0 Å². The fourth-order valence-electron chi connectivity index (χ4n) is 3.37. The van der Waals surface area contributed by atoms with E-state index in [1.165, 1.54) is 0 Å². The summed E-state index contributed by atoms with van der Waals surface area (Å²) in [6.45, 7) is 1.11. The summed E-state index contributed by atoms with van der Waals surface area (Å²) in [5.41, 5.74) is 2.01. The molecule has 1 saturated heterocycles. The Morgan fingerprint density at radius 1 is 0.963 bits per heavy atom. The van der Waals surface area contributed by atoms with Crippen LogP contribution in [0.15, 0.2) is 60.9 Å². The lowest BCUT2D eigenvalue weighted by molar-refractivity contribution is -0.121. The van der Waals surface area contributed by atoms with Gasteiger partial charge in [0, 0.05) is 42.5 Å². The standard InChI is InChI=1S/C21H20N4O2/c26-20(23-17-7-11-22-12-8-17)16-9-13-25(14-10-16)21(27)19-6-5-15-3-1-2-4-18(15)24-19/h1-8,11-12,16H,9-10,13-14H2,(H,22,23,26). The first-order valence-corrected chi connectivity index (χ1v) is 9.07. The van der Waals surface area contributed by atoms with Gasteiger partial charge in [-0.2, -0.15) is 0 Å². The van der Waals surface area contributed by atoms with Crippen LogP contribution in [0.25, 0.3) is 10.9 Å². The molecule has 6 heteroatoms. The van der Waals surface area contributed by atoms with E-state index in [0.717, 1.165) is 16.6 Å². The maximum absolute atomic E-state index is 12.8. The second-order valence-electron chi connectivity index (χ2n) is 6.68. The number of aromatic nitrogens is 2. The molecular formula is C21H20N4O2. The molecule has 0 radical (unpaired) electrons. The first-order chi connectivity index (χ1) is 13.2.